The van der Waals surface area contributed by atoms with Gasteiger partial charge in [-0.25, -0.2) is 8.42 Å². The number of carbonyl (C=O) groups is 1. The quantitative estimate of drug-likeness (QED) is 0.856. The Morgan fingerprint density at radius 2 is 1.86 bits per heavy atom. The molecule has 124 valence electrons. The Hall–Kier alpha value is -1.60. The zero-order valence-corrected chi connectivity index (χ0v) is 14.5. The number of carbonyl (C=O) groups excluding carboxylic acids is 1. The summed E-state index contributed by atoms with van der Waals surface area (Å²) >= 11 is 0. The van der Waals surface area contributed by atoms with Gasteiger partial charge in [-0.05, 0) is 26.8 Å². The van der Waals surface area contributed by atoms with Gasteiger partial charge in [0, 0.05) is 17.6 Å². The van der Waals surface area contributed by atoms with Gasteiger partial charge < -0.3 is 10.1 Å². The Morgan fingerprint density at radius 3 is 2.36 bits per heavy atom. The maximum atomic E-state index is 12.1. The van der Waals surface area contributed by atoms with Crippen molar-refractivity contribution in [3.05, 3.63) is 29.8 Å². The average molecular weight is 328 g/mol. The van der Waals surface area contributed by atoms with Crippen molar-refractivity contribution in [2.75, 3.05) is 19.9 Å². The second-order valence-corrected chi connectivity index (χ2v) is 7.94. The monoisotopic (exact) mass is 328 g/mol. The second kappa shape index (κ2) is 7.11. The Labute approximate surface area is 132 Å². The van der Waals surface area contributed by atoms with Crippen molar-refractivity contribution in [1.82, 2.24) is 9.62 Å². The lowest BCUT2D eigenvalue weighted by Crippen LogP contribution is -2.49. The third-order valence-electron chi connectivity index (χ3n) is 3.10. The molecule has 0 aliphatic heterocycles. The van der Waals surface area contributed by atoms with Crippen molar-refractivity contribution in [3.8, 4) is 5.75 Å². The smallest absolute Gasteiger partial charge is 0.235 e. The summed E-state index contributed by atoms with van der Waals surface area (Å²) < 4.78 is 30.0. The molecular formula is C15H24N2O4S. The van der Waals surface area contributed by atoms with Gasteiger partial charge in [-0.2, -0.15) is 4.31 Å². The van der Waals surface area contributed by atoms with Crippen molar-refractivity contribution in [3.63, 3.8) is 0 Å². The number of nitrogens with one attached hydrogen (secondary N) is 1. The van der Waals surface area contributed by atoms with Crippen LogP contribution in [0.5, 0.6) is 5.75 Å². The first-order chi connectivity index (χ1) is 10.1. The zero-order chi connectivity index (χ0) is 17.0. The second-order valence-electron chi connectivity index (χ2n) is 6.03. The molecule has 1 aromatic rings. The van der Waals surface area contributed by atoms with Crippen molar-refractivity contribution in [2.24, 2.45) is 0 Å². The van der Waals surface area contributed by atoms with Crippen molar-refractivity contribution in [1.29, 1.82) is 0 Å². The number of hydrogen-bond donors (Lipinski definition) is 1. The van der Waals surface area contributed by atoms with Gasteiger partial charge in [-0.3, -0.25) is 4.79 Å². The topological polar surface area (TPSA) is 75.7 Å². The standard InChI is InChI=1S/C15H24N2O4S/c1-15(2,3)17(22(5,19)20)11-14(18)16-10-12-8-6-7-9-13(12)21-4/h6-9H,10-11H2,1-5H3,(H,16,18). The van der Waals surface area contributed by atoms with Gasteiger partial charge in [-0.1, -0.05) is 18.2 Å². The molecule has 1 amide bonds. The van der Waals surface area contributed by atoms with E-state index in [4.69, 9.17) is 4.74 Å². The van der Waals surface area contributed by atoms with Gasteiger partial charge in [0.25, 0.3) is 0 Å². The molecule has 0 aliphatic rings. The van der Waals surface area contributed by atoms with Crippen LogP contribution in [0.4, 0.5) is 0 Å². The average Bonchev–Trinajstić information content (AvgIpc) is 2.40. The molecule has 0 heterocycles. The summed E-state index contributed by atoms with van der Waals surface area (Å²) in [6, 6.07) is 7.34. The molecule has 0 radical (unpaired) electrons. The molecule has 0 saturated carbocycles. The van der Waals surface area contributed by atoms with Gasteiger partial charge in [0.2, 0.25) is 15.9 Å². The van der Waals surface area contributed by atoms with Crippen LogP contribution in [0.15, 0.2) is 24.3 Å². The minimum atomic E-state index is -3.47. The third-order valence-corrected chi connectivity index (χ3v) is 4.58. The maximum absolute atomic E-state index is 12.1. The van der Waals surface area contributed by atoms with Gasteiger partial charge in [0.1, 0.15) is 5.75 Å². The number of amides is 1. The summed E-state index contributed by atoms with van der Waals surface area (Å²) in [5.41, 5.74) is 0.176. The first-order valence-corrected chi connectivity index (χ1v) is 8.77. The van der Waals surface area contributed by atoms with Crippen LogP contribution in [0.3, 0.4) is 0 Å². The van der Waals surface area contributed by atoms with E-state index in [0.29, 0.717) is 5.75 Å². The fourth-order valence-electron chi connectivity index (χ4n) is 2.08. The molecule has 6 nitrogen and oxygen atoms in total. The molecule has 0 fully saturated rings. The molecule has 0 atom stereocenters. The van der Waals surface area contributed by atoms with Crippen LogP contribution in [-0.2, 0) is 21.4 Å². The number of nitrogens with zero attached hydrogens (tertiary/aromatic N) is 1. The molecule has 1 rings (SSSR count). The lowest BCUT2D eigenvalue weighted by Gasteiger charge is -2.32. The lowest BCUT2D eigenvalue weighted by atomic mass is 10.1. The number of sulfonamides is 1. The van der Waals surface area contributed by atoms with Crippen LogP contribution in [0.2, 0.25) is 0 Å². The minimum absolute atomic E-state index is 0.211. The van der Waals surface area contributed by atoms with Gasteiger partial charge in [0.15, 0.2) is 0 Å². The first-order valence-electron chi connectivity index (χ1n) is 6.92. The predicted molar refractivity (Wildman–Crippen MR) is 86.1 cm³/mol. The van der Waals surface area contributed by atoms with Gasteiger partial charge >= 0.3 is 0 Å². The minimum Gasteiger partial charge on any atom is -0.496 e. The predicted octanol–water partition coefficient (Wildman–Crippen LogP) is 1.37. The number of benzene rings is 1. The van der Waals surface area contributed by atoms with E-state index in [2.05, 4.69) is 5.32 Å². The Morgan fingerprint density at radius 1 is 1.27 bits per heavy atom. The highest BCUT2D eigenvalue weighted by molar-refractivity contribution is 7.88. The van der Waals surface area contributed by atoms with Crippen LogP contribution in [0.1, 0.15) is 26.3 Å². The molecule has 22 heavy (non-hydrogen) atoms. The first kappa shape index (κ1) is 18.4. The summed E-state index contributed by atoms with van der Waals surface area (Å²) in [5.74, 6) is 0.324. The molecule has 0 saturated heterocycles. The van der Waals surface area contributed by atoms with E-state index in [0.717, 1.165) is 11.8 Å². The summed E-state index contributed by atoms with van der Waals surface area (Å²) in [6.07, 6.45) is 1.10. The van der Waals surface area contributed by atoms with Crippen LogP contribution in [0.25, 0.3) is 0 Å². The lowest BCUT2D eigenvalue weighted by molar-refractivity contribution is -0.122. The van der Waals surface area contributed by atoms with Crippen LogP contribution < -0.4 is 10.1 Å². The Kier molecular flexibility index (Phi) is 5.96. The number of ether oxygens (including phenoxy) is 1. The SMILES string of the molecule is COc1ccccc1CNC(=O)CN(C(C)(C)C)S(C)(=O)=O. The molecule has 0 bridgehead atoms. The molecular weight excluding hydrogens is 304 g/mol. The van der Waals surface area contributed by atoms with Crippen LogP contribution in [0, 0.1) is 0 Å². The summed E-state index contributed by atoms with van der Waals surface area (Å²) in [6.45, 7) is 5.33. The molecule has 0 spiro atoms. The highest BCUT2D eigenvalue weighted by Gasteiger charge is 2.31. The fraction of sp³-hybridized carbons (Fsp3) is 0.533. The molecule has 1 N–H and O–H groups in total. The van der Waals surface area contributed by atoms with Gasteiger partial charge in [0.05, 0.1) is 19.9 Å². The van der Waals surface area contributed by atoms with E-state index >= 15 is 0 Å². The fourth-order valence-corrected chi connectivity index (χ4v) is 3.43. The van der Waals surface area contributed by atoms with E-state index in [-0.39, 0.29) is 19.0 Å². The largest absolute Gasteiger partial charge is 0.496 e. The summed E-state index contributed by atoms with van der Waals surface area (Å²) in [4.78, 5) is 12.1. The number of rotatable bonds is 6. The molecule has 0 unspecified atom stereocenters. The van der Waals surface area contributed by atoms with Crippen molar-refractivity contribution in [2.45, 2.75) is 32.9 Å². The van der Waals surface area contributed by atoms with Gasteiger partial charge in [-0.15, -0.1) is 0 Å². The van der Waals surface area contributed by atoms with E-state index in [1.165, 1.54) is 4.31 Å². The Balaban J connectivity index is 2.73. The van der Waals surface area contributed by atoms with Crippen LogP contribution in [-0.4, -0.2) is 44.1 Å². The summed E-state index contributed by atoms with van der Waals surface area (Å²) in [5, 5.41) is 2.72. The molecule has 0 aliphatic carbocycles. The number of para-hydroxylation sites is 1. The van der Waals surface area contributed by atoms with E-state index in [1.807, 2.05) is 18.2 Å². The summed E-state index contributed by atoms with van der Waals surface area (Å²) in [7, 11) is -1.90. The number of hydrogen-bond acceptors (Lipinski definition) is 4. The normalized spacial score (nSPS) is 12.3. The highest BCUT2D eigenvalue weighted by atomic mass is 32.2. The Bertz CT molecular complexity index is 621. The van der Waals surface area contributed by atoms with Crippen LogP contribution >= 0.6 is 0 Å². The van der Waals surface area contributed by atoms with Crippen molar-refractivity contribution >= 4 is 15.9 Å². The maximum Gasteiger partial charge on any atom is 0.235 e. The van der Waals surface area contributed by atoms with E-state index in [1.54, 1.807) is 33.9 Å². The molecule has 7 heteroatoms. The molecule has 1 aromatic carbocycles. The third kappa shape index (κ3) is 5.31. The van der Waals surface area contributed by atoms with Crippen molar-refractivity contribution < 1.29 is 17.9 Å². The highest BCUT2D eigenvalue weighted by Crippen LogP contribution is 2.18. The van der Waals surface area contributed by atoms with E-state index in [9.17, 15) is 13.2 Å². The zero-order valence-electron chi connectivity index (χ0n) is 13.7. The van der Waals surface area contributed by atoms with E-state index < -0.39 is 15.6 Å². The molecule has 0 aromatic heterocycles. The number of methoxy groups -OCH3 is 1.